The Morgan fingerprint density at radius 3 is 2.85 bits per heavy atom. The molecule has 3 aromatic rings. The number of fused-ring (bicyclic) bond motifs is 2. The van der Waals surface area contributed by atoms with E-state index in [1.54, 1.807) is 11.1 Å². The van der Waals surface area contributed by atoms with Gasteiger partial charge in [0.1, 0.15) is 0 Å². The van der Waals surface area contributed by atoms with Gasteiger partial charge in [0.2, 0.25) is 5.91 Å². The van der Waals surface area contributed by atoms with Gasteiger partial charge in [-0.25, -0.2) is 9.78 Å². The number of likely N-dealkylation sites (N-methyl/N-ethyl adjacent to an activating group) is 1. The Balaban J connectivity index is 1.81. The molecule has 0 aliphatic carbocycles. The highest BCUT2D eigenvalue weighted by atomic mass is 16.5. The molecule has 0 spiro atoms. The first-order chi connectivity index (χ1) is 12.9. The van der Waals surface area contributed by atoms with Crippen LogP contribution in [0.4, 0.5) is 16.2 Å². The number of nitrogens with one attached hydrogen (secondary N) is 3. The van der Waals surface area contributed by atoms with Gasteiger partial charge < -0.3 is 14.6 Å². The Labute approximate surface area is 155 Å². The second-order valence-corrected chi connectivity index (χ2v) is 6.91. The summed E-state index contributed by atoms with van der Waals surface area (Å²) in [5.41, 5.74) is 3.71. The first kappa shape index (κ1) is 17.1. The van der Waals surface area contributed by atoms with Crippen molar-refractivity contribution in [2.45, 2.75) is 26.2 Å². The highest BCUT2D eigenvalue weighted by Crippen LogP contribution is 2.43. The number of rotatable bonds is 3. The average Bonchev–Trinajstić information content (AvgIpc) is 3.30. The predicted octanol–water partition coefficient (Wildman–Crippen LogP) is 2.78. The molecule has 1 aliphatic heterocycles. The predicted molar refractivity (Wildman–Crippen MR) is 101 cm³/mol. The Hall–Kier alpha value is -3.36. The van der Waals surface area contributed by atoms with Crippen LogP contribution in [-0.2, 0) is 14.9 Å². The molecule has 0 saturated carbocycles. The third-order valence-corrected chi connectivity index (χ3v) is 4.95. The average molecular weight is 368 g/mol. The molecule has 0 radical (unpaired) electrons. The highest BCUT2D eigenvalue weighted by Gasteiger charge is 2.43. The van der Waals surface area contributed by atoms with Gasteiger partial charge in [0.15, 0.2) is 11.5 Å². The van der Waals surface area contributed by atoms with Crippen molar-refractivity contribution in [1.82, 2.24) is 20.2 Å². The number of ether oxygens (including phenoxy) is 1. The molecule has 9 nitrogen and oxygen atoms in total. The number of aromatic amines is 2. The summed E-state index contributed by atoms with van der Waals surface area (Å²) in [7, 11) is 1.29. The number of methoxy groups -OCH3 is 1. The van der Waals surface area contributed by atoms with Crippen molar-refractivity contribution in [2.24, 2.45) is 0 Å². The molecule has 2 aromatic heterocycles. The van der Waals surface area contributed by atoms with Crippen LogP contribution in [0, 0.1) is 0 Å². The van der Waals surface area contributed by atoms with Crippen LogP contribution < -0.4 is 10.2 Å². The number of H-pyrrole nitrogens is 2. The molecular formula is C18H20N6O3. The second-order valence-electron chi connectivity index (χ2n) is 6.91. The molecule has 140 valence electrons. The second kappa shape index (κ2) is 5.83. The summed E-state index contributed by atoms with van der Waals surface area (Å²) >= 11 is 0. The van der Waals surface area contributed by atoms with Crippen molar-refractivity contribution < 1.29 is 14.3 Å². The Kier molecular flexibility index (Phi) is 3.69. The summed E-state index contributed by atoms with van der Waals surface area (Å²) < 4.78 is 4.62. The number of nitrogens with zero attached hydrogens (tertiary/aromatic N) is 3. The molecule has 1 aliphatic rings. The van der Waals surface area contributed by atoms with Gasteiger partial charge in [-0.2, -0.15) is 5.10 Å². The van der Waals surface area contributed by atoms with Gasteiger partial charge in [0.05, 0.1) is 34.9 Å². The maximum absolute atomic E-state index is 12.7. The van der Waals surface area contributed by atoms with E-state index in [1.807, 2.05) is 32.9 Å². The van der Waals surface area contributed by atoms with Crippen LogP contribution in [0.1, 0.15) is 26.3 Å². The summed E-state index contributed by atoms with van der Waals surface area (Å²) in [5, 5.41) is 9.48. The van der Waals surface area contributed by atoms with Gasteiger partial charge in [-0.3, -0.25) is 15.2 Å². The quantitative estimate of drug-likeness (QED) is 0.657. The minimum Gasteiger partial charge on any atom is -0.453 e. The van der Waals surface area contributed by atoms with Crippen molar-refractivity contribution in [3.05, 3.63) is 23.9 Å². The minimum absolute atomic E-state index is 0.0877. The lowest BCUT2D eigenvalue weighted by molar-refractivity contribution is -0.122. The number of anilines is 2. The molecule has 0 saturated heterocycles. The van der Waals surface area contributed by atoms with Gasteiger partial charge >= 0.3 is 6.09 Å². The highest BCUT2D eigenvalue weighted by molar-refractivity contribution is 6.09. The molecule has 0 unspecified atom stereocenters. The fourth-order valence-electron chi connectivity index (χ4n) is 3.48. The number of hydrogen-bond acceptors (Lipinski definition) is 5. The van der Waals surface area contributed by atoms with E-state index in [2.05, 4.69) is 30.2 Å². The molecule has 1 aromatic carbocycles. The minimum atomic E-state index is -0.591. The van der Waals surface area contributed by atoms with Gasteiger partial charge in [-0.1, -0.05) is 0 Å². The summed E-state index contributed by atoms with van der Waals surface area (Å²) in [6.45, 7) is 6.42. The maximum Gasteiger partial charge on any atom is 0.411 e. The standard InChI is InChI=1S/C18H20N6O3/c1-5-24-13-7-11-10(6-9(13)18(2,3)16(24)25)20-15(21-11)14-12(8-19-23-14)22-17(26)27-4/h6-8H,5H2,1-4H3,(H,19,23)(H,20,21)(H,22,26). The lowest BCUT2D eigenvalue weighted by Gasteiger charge is -2.18. The Morgan fingerprint density at radius 1 is 1.37 bits per heavy atom. The van der Waals surface area contributed by atoms with Crippen LogP contribution in [0.5, 0.6) is 0 Å². The van der Waals surface area contributed by atoms with Crippen LogP contribution in [0.3, 0.4) is 0 Å². The van der Waals surface area contributed by atoms with Crippen LogP contribution in [0.25, 0.3) is 22.6 Å². The van der Waals surface area contributed by atoms with E-state index in [0.717, 1.165) is 22.3 Å². The largest absolute Gasteiger partial charge is 0.453 e. The maximum atomic E-state index is 12.7. The fourth-order valence-corrected chi connectivity index (χ4v) is 3.48. The normalized spacial score (nSPS) is 15.3. The van der Waals surface area contributed by atoms with Gasteiger partial charge in [0.25, 0.3) is 0 Å². The van der Waals surface area contributed by atoms with E-state index < -0.39 is 11.5 Å². The van der Waals surface area contributed by atoms with Crippen molar-refractivity contribution >= 4 is 34.4 Å². The summed E-state index contributed by atoms with van der Waals surface area (Å²) in [4.78, 5) is 33.8. The Morgan fingerprint density at radius 2 is 2.15 bits per heavy atom. The smallest absolute Gasteiger partial charge is 0.411 e. The van der Waals surface area contributed by atoms with Crippen LogP contribution >= 0.6 is 0 Å². The molecule has 0 fully saturated rings. The zero-order chi connectivity index (χ0) is 19.3. The number of aromatic nitrogens is 4. The van der Waals surface area contributed by atoms with Crippen LogP contribution in [0.15, 0.2) is 18.3 Å². The molecule has 0 bridgehead atoms. The molecule has 3 N–H and O–H groups in total. The number of amides is 2. The molecule has 27 heavy (non-hydrogen) atoms. The molecule has 3 heterocycles. The first-order valence-corrected chi connectivity index (χ1v) is 8.62. The first-order valence-electron chi connectivity index (χ1n) is 8.62. The molecule has 2 amide bonds. The van der Waals surface area contributed by atoms with Crippen LogP contribution in [0.2, 0.25) is 0 Å². The van der Waals surface area contributed by atoms with E-state index in [1.165, 1.54) is 7.11 Å². The Bertz CT molecular complexity index is 1060. The zero-order valence-electron chi connectivity index (χ0n) is 15.5. The molecular weight excluding hydrogens is 348 g/mol. The monoisotopic (exact) mass is 368 g/mol. The number of hydrogen-bond donors (Lipinski definition) is 3. The van der Waals surface area contributed by atoms with E-state index in [4.69, 9.17) is 0 Å². The van der Waals surface area contributed by atoms with Gasteiger partial charge in [-0.15, -0.1) is 0 Å². The van der Waals surface area contributed by atoms with E-state index in [9.17, 15) is 9.59 Å². The topological polar surface area (TPSA) is 116 Å². The lowest BCUT2D eigenvalue weighted by atomic mass is 9.86. The van der Waals surface area contributed by atoms with Crippen molar-refractivity contribution in [3.8, 4) is 11.5 Å². The third kappa shape index (κ3) is 2.46. The molecule has 9 heteroatoms. The summed E-state index contributed by atoms with van der Waals surface area (Å²) in [5.74, 6) is 0.596. The van der Waals surface area contributed by atoms with Crippen molar-refractivity contribution in [1.29, 1.82) is 0 Å². The zero-order valence-corrected chi connectivity index (χ0v) is 15.5. The SMILES string of the molecule is CCN1C(=O)C(C)(C)c2cc3[nH]c(-c4n[nH]cc4NC(=O)OC)nc3cc21. The van der Waals surface area contributed by atoms with Crippen LogP contribution in [-0.4, -0.2) is 45.8 Å². The van der Waals surface area contributed by atoms with E-state index in [-0.39, 0.29) is 5.91 Å². The lowest BCUT2D eigenvalue weighted by Crippen LogP contribution is -2.35. The molecule has 4 rings (SSSR count). The molecule has 0 atom stereocenters. The summed E-state index contributed by atoms with van der Waals surface area (Å²) in [6, 6.07) is 3.88. The summed E-state index contributed by atoms with van der Waals surface area (Å²) in [6.07, 6.45) is 0.964. The number of imidazole rings is 1. The van der Waals surface area contributed by atoms with Gasteiger partial charge in [0, 0.05) is 12.7 Å². The number of carbonyl (C=O) groups is 2. The fraction of sp³-hybridized carbons (Fsp3) is 0.333. The third-order valence-electron chi connectivity index (χ3n) is 4.95. The van der Waals surface area contributed by atoms with Crippen molar-refractivity contribution in [2.75, 3.05) is 23.9 Å². The number of carbonyl (C=O) groups excluding carboxylic acids is 2. The van der Waals surface area contributed by atoms with E-state index >= 15 is 0 Å². The van der Waals surface area contributed by atoms with Gasteiger partial charge in [-0.05, 0) is 38.5 Å². The number of benzene rings is 1. The van der Waals surface area contributed by atoms with Crippen molar-refractivity contribution in [3.63, 3.8) is 0 Å². The van der Waals surface area contributed by atoms with E-state index in [0.29, 0.717) is 23.8 Å².